The average Bonchev–Trinajstić information content (AvgIpc) is 2.61. The molecule has 3 rings (SSSR count). The summed E-state index contributed by atoms with van der Waals surface area (Å²) in [5.74, 6) is 0.531. The lowest BCUT2D eigenvalue weighted by atomic mass is 10.1. The van der Waals surface area contributed by atoms with Gasteiger partial charge < -0.3 is 13.9 Å². The summed E-state index contributed by atoms with van der Waals surface area (Å²) in [4.78, 5) is 28.7. The first-order chi connectivity index (χ1) is 12.0. The van der Waals surface area contributed by atoms with Crippen LogP contribution in [0.3, 0.4) is 0 Å². The van der Waals surface area contributed by atoms with Gasteiger partial charge in [-0.15, -0.1) is 0 Å². The zero-order valence-electron chi connectivity index (χ0n) is 13.7. The highest BCUT2D eigenvalue weighted by molar-refractivity contribution is 6.17. The number of rotatable bonds is 4. The van der Waals surface area contributed by atoms with Crippen molar-refractivity contribution in [2.24, 2.45) is 0 Å². The number of hydrogen-bond donors (Lipinski definition) is 0. The van der Waals surface area contributed by atoms with Crippen LogP contribution in [0.25, 0.3) is 23.8 Å². The second kappa shape index (κ2) is 6.60. The maximum atomic E-state index is 12.4. The Hall–Kier alpha value is -3.41. The Kier molecular flexibility index (Phi) is 4.35. The van der Waals surface area contributed by atoms with E-state index in [0.29, 0.717) is 33.4 Å². The Morgan fingerprint density at radius 3 is 2.60 bits per heavy atom. The predicted molar refractivity (Wildman–Crippen MR) is 93.4 cm³/mol. The van der Waals surface area contributed by atoms with Gasteiger partial charge in [-0.3, -0.25) is 4.79 Å². The van der Waals surface area contributed by atoms with Gasteiger partial charge >= 0.3 is 5.63 Å². The molecule has 1 aromatic heterocycles. The van der Waals surface area contributed by atoms with E-state index in [1.807, 2.05) is 0 Å². The first-order valence-electron chi connectivity index (χ1n) is 7.40. The van der Waals surface area contributed by atoms with Crippen LogP contribution < -0.4 is 25.7 Å². The zero-order valence-corrected chi connectivity index (χ0v) is 13.7. The molecule has 0 unspecified atom stereocenters. The van der Waals surface area contributed by atoms with E-state index in [-0.39, 0.29) is 5.35 Å². The molecule has 6 heteroatoms. The molecule has 0 fully saturated rings. The van der Waals surface area contributed by atoms with Crippen LogP contribution in [0.4, 0.5) is 0 Å². The van der Waals surface area contributed by atoms with Crippen LogP contribution in [-0.4, -0.2) is 25.0 Å². The van der Waals surface area contributed by atoms with Crippen LogP contribution in [-0.2, 0) is 0 Å². The van der Waals surface area contributed by atoms with E-state index in [0.717, 1.165) is 6.08 Å². The smallest absolute Gasteiger partial charge is 0.362 e. The third kappa shape index (κ3) is 3.28. The molecular formula is C19H15NO5. The van der Waals surface area contributed by atoms with Crippen molar-refractivity contribution >= 4 is 29.5 Å². The Balaban J connectivity index is 2.08. The van der Waals surface area contributed by atoms with E-state index < -0.39 is 11.4 Å². The summed E-state index contributed by atoms with van der Waals surface area (Å²) in [5, 5.41) is 0.639. The highest BCUT2D eigenvalue weighted by atomic mass is 16.5. The molecule has 6 nitrogen and oxygen atoms in total. The molecule has 0 aliphatic heterocycles. The van der Waals surface area contributed by atoms with Gasteiger partial charge in [0.2, 0.25) is 0 Å². The molecule has 0 saturated heterocycles. The molecule has 0 atom stereocenters. The van der Waals surface area contributed by atoms with Crippen molar-refractivity contribution in [2.45, 2.75) is 0 Å². The minimum Gasteiger partial charge on any atom is -0.493 e. The monoisotopic (exact) mass is 337 g/mol. The number of Topliss-reactive ketones (excluding diaryl/α,β-unsaturated/α-hetero) is 1. The van der Waals surface area contributed by atoms with Crippen LogP contribution in [0.1, 0.15) is 10.4 Å². The van der Waals surface area contributed by atoms with Crippen LogP contribution in [0.15, 0.2) is 45.6 Å². The van der Waals surface area contributed by atoms with Crippen LogP contribution >= 0.6 is 0 Å². The highest BCUT2D eigenvalue weighted by Crippen LogP contribution is 2.27. The van der Waals surface area contributed by atoms with Crippen LogP contribution in [0.2, 0.25) is 0 Å². The summed E-state index contributed by atoms with van der Waals surface area (Å²) in [6.07, 6.45) is 1.14. The van der Waals surface area contributed by atoms with Crippen molar-refractivity contribution in [1.29, 1.82) is 0 Å². The minimum atomic E-state index is -0.688. The number of hydrogen-bond acceptors (Lipinski definition) is 6. The van der Waals surface area contributed by atoms with E-state index in [4.69, 9.17) is 13.9 Å². The van der Waals surface area contributed by atoms with Gasteiger partial charge in [0.15, 0.2) is 28.2 Å². The van der Waals surface area contributed by atoms with Crippen LogP contribution in [0, 0.1) is 0 Å². The van der Waals surface area contributed by atoms with Gasteiger partial charge in [0.05, 0.1) is 14.2 Å². The Morgan fingerprint density at radius 1 is 1.12 bits per heavy atom. The number of ketones is 1. The van der Waals surface area contributed by atoms with Crippen molar-refractivity contribution in [1.82, 2.24) is 4.98 Å². The number of nitrogens with zero attached hydrogens (tertiary/aromatic N) is 1. The second-order valence-electron chi connectivity index (χ2n) is 5.27. The topological polar surface area (TPSA) is 78.6 Å². The molecule has 3 aromatic rings. The van der Waals surface area contributed by atoms with Gasteiger partial charge in [-0.05, 0) is 35.6 Å². The summed E-state index contributed by atoms with van der Waals surface area (Å²) in [6, 6.07) is 9.77. The molecular weight excluding hydrogens is 322 g/mol. The van der Waals surface area contributed by atoms with Crippen molar-refractivity contribution in [3.8, 4) is 11.5 Å². The number of fused-ring (bicyclic) bond motifs is 1. The SMILES string of the molecule is C=c1ccc2n/c(=C/C(=O)c3ccc(OC)c(OC)c3)c(=O)oc2c1. The van der Waals surface area contributed by atoms with Gasteiger partial charge in [-0.2, -0.15) is 0 Å². The molecule has 0 bridgehead atoms. The van der Waals surface area contributed by atoms with E-state index in [2.05, 4.69) is 11.6 Å². The van der Waals surface area contributed by atoms with Crippen molar-refractivity contribution < 1.29 is 18.7 Å². The number of ether oxygens (including phenoxy) is 2. The highest BCUT2D eigenvalue weighted by Gasteiger charge is 2.10. The molecule has 0 amide bonds. The van der Waals surface area contributed by atoms with Crippen molar-refractivity contribution in [3.05, 3.63) is 62.9 Å². The lowest BCUT2D eigenvalue weighted by Gasteiger charge is -2.07. The fraction of sp³-hybridized carbons (Fsp3) is 0.105. The van der Waals surface area contributed by atoms with Gasteiger partial charge in [0.1, 0.15) is 5.52 Å². The van der Waals surface area contributed by atoms with Crippen molar-refractivity contribution in [3.63, 3.8) is 0 Å². The zero-order chi connectivity index (χ0) is 18.0. The van der Waals surface area contributed by atoms with E-state index >= 15 is 0 Å². The first kappa shape index (κ1) is 16.4. The molecule has 0 N–H and O–H groups in total. The number of carbonyl (C=O) groups excluding carboxylic acids is 1. The van der Waals surface area contributed by atoms with Crippen LogP contribution in [0.5, 0.6) is 11.5 Å². The molecule has 1 heterocycles. The third-order valence-corrected chi connectivity index (χ3v) is 3.61. The summed E-state index contributed by atoms with van der Waals surface area (Å²) in [5.41, 5.74) is 0.450. The quantitative estimate of drug-likeness (QED) is 0.667. The predicted octanol–water partition coefficient (Wildman–Crippen LogP) is 1.28. The summed E-state index contributed by atoms with van der Waals surface area (Å²) >= 11 is 0. The normalized spacial score (nSPS) is 11.5. The third-order valence-electron chi connectivity index (χ3n) is 3.61. The second-order valence-corrected chi connectivity index (χ2v) is 5.27. The molecule has 0 aliphatic rings. The summed E-state index contributed by atoms with van der Waals surface area (Å²) in [6.45, 7) is 3.77. The Morgan fingerprint density at radius 2 is 1.88 bits per heavy atom. The van der Waals surface area contributed by atoms with E-state index in [1.165, 1.54) is 20.3 Å². The lowest BCUT2D eigenvalue weighted by molar-refractivity contribution is 0.106. The molecule has 2 aromatic carbocycles. The molecule has 25 heavy (non-hydrogen) atoms. The fourth-order valence-electron chi connectivity index (χ4n) is 2.35. The Bertz CT molecular complexity index is 1130. The van der Waals surface area contributed by atoms with Gasteiger partial charge in [-0.1, -0.05) is 12.6 Å². The molecule has 126 valence electrons. The van der Waals surface area contributed by atoms with Crippen molar-refractivity contribution in [2.75, 3.05) is 14.2 Å². The van der Waals surface area contributed by atoms with Gasteiger partial charge in [0, 0.05) is 11.6 Å². The van der Waals surface area contributed by atoms with Gasteiger partial charge in [0.25, 0.3) is 0 Å². The number of methoxy groups -OCH3 is 2. The van der Waals surface area contributed by atoms with E-state index in [1.54, 1.807) is 30.3 Å². The lowest BCUT2D eigenvalue weighted by Crippen LogP contribution is -2.28. The average molecular weight is 337 g/mol. The van der Waals surface area contributed by atoms with Gasteiger partial charge in [-0.25, -0.2) is 9.78 Å². The molecule has 0 aliphatic carbocycles. The van der Waals surface area contributed by atoms with E-state index in [9.17, 15) is 9.59 Å². The Labute approximate surface area is 142 Å². The molecule has 0 spiro atoms. The standard InChI is InChI=1S/C19H15NO5/c1-11-4-6-13-17(8-11)25-19(22)14(20-13)10-15(21)12-5-7-16(23-2)18(9-12)24-3/h4-10H,1H2,2-3H3/b14-10+. The maximum absolute atomic E-state index is 12.4. The summed E-state index contributed by atoms with van der Waals surface area (Å²) in [7, 11) is 2.99. The largest absolute Gasteiger partial charge is 0.493 e. The first-order valence-corrected chi connectivity index (χ1v) is 7.40. The minimum absolute atomic E-state index is 0.0657. The number of aromatic nitrogens is 1. The maximum Gasteiger partial charge on any atom is 0.362 e. The fourth-order valence-corrected chi connectivity index (χ4v) is 2.35. The number of carbonyl (C=O) groups is 1. The molecule has 0 saturated carbocycles. The summed E-state index contributed by atoms with van der Waals surface area (Å²) < 4.78 is 15.5. The molecule has 0 radical (unpaired) electrons. The number of benzene rings is 2.